The molecule has 1 heterocycles. The van der Waals surface area contributed by atoms with Crippen LogP contribution in [-0.2, 0) is 9.53 Å². The van der Waals surface area contributed by atoms with Crippen molar-refractivity contribution in [2.45, 2.75) is 12.3 Å². The minimum atomic E-state index is -1.37. The molecule has 2 atom stereocenters. The lowest BCUT2D eigenvalue weighted by atomic mass is 10.0. The van der Waals surface area contributed by atoms with E-state index in [1.807, 2.05) is 0 Å². The number of carboxylic acid groups (broad SMARTS) is 1. The lowest BCUT2D eigenvalue weighted by molar-refractivity contribution is -0.153. The number of aliphatic carboxylic acids is 1. The SMILES string of the molecule is O=C(O)C(c1ccccc1)N1CCOCC1F. The first-order valence-corrected chi connectivity index (χ1v) is 5.45. The first kappa shape index (κ1) is 12.0. The van der Waals surface area contributed by atoms with Crippen molar-refractivity contribution in [1.82, 2.24) is 4.90 Å². The van der Waals surface area contributed by atoms with E-state index in [4.69, 9.17) is 4.74 Å². The molecule has 0 radical (unpaired) electrons. The highest BCUT2D eigenvalue weighted by molar-refractivity contribution is 5.75. The van der Waals surface area contributed by atoms with E-state index >= 15 is 0 Å². The summed E-state index contributed by atoms with van der Waals surface area (Å²) in [6.45, 7) is 0.570. The molecule has 0 spiro atoms. The smallest absolute Gasteiger partial charge is 0.325 e. The van der Waals surface area contributed by atoms with Crippen molar-refractivity contribution in [3.05, 3.63) is 35.9 Å². The monoisotopic (exact) mass is 239 g/mol. The Balaban J connectivity index is 2.26. The van der Waals surface area contributed by atoms with Crippen LogP contribution in [0.2, 0.25) is 0 Å². The summed E-state index contributed by atoms with van der Waals surface area (Å²) >= 11 is 0. The molecule has 1 aromatic carbocycles. The predicted octanol–water partition coefficient (Wildman–Crippen LogP) is 1.44. The van der Waals surface area contributed by atoms with Gasteiger partial charge in [-0.1, -0.05) is 30.3 Å². The van der Waals surface area contributed by atoms with Gasteiger partial charge in [-0.25, -0.2) is 4.39 Å². The summed E-state index contributed by atoms with van der Waals surface area (Å²) in [4.78, 5) is 12.6. The molecule has 1 aliphatic heterocycles. The maximum absolute atomic E-state index is 13.7. The maximum atomic E-state index is 13.7. The van der Waals surface area contributed by atoms with Gasteiger partial charge in [0.05, 0.1) is 13.2 Å². The Bertz CT molecular complexity index is 385. The fourth-order valence-electron chi connectivity index (χ4n) is 1.99. The average molecular weight is 239 g/mol. The lowest BCUT2D eigenvalue weighted by Crippen LogP contribution is -2.47. The standard InChI is InChI=1S/C12H14FNO3/c13-10-8-17-7-6-14(10)11(12(15)16)9-4-2-1-3-5-9/h1-5,10-11H,6-8H2,(H,15,16). The van der Waals surface area contributed by atoms with Gasteiger partial charge in [-0.2, -0.15) is 0 Å². The number of hydrogen-bond donors (Lipinski definition) is 1. The summed E-state index contributed by atoms with van der Waals surface area (Å²) in [5.41, 5.74) is 0.588. The van der Waals surface area contributed by atoms with Crippen LogP contribution in [0.1, 0.15) is 11.6 Å². The Morgan fingerprint density at radius 2 is 2.18 bits per heavy atom. The molecule has 2 unspecified atom stereocenters. The summed E-state index contributed by atoms with van der Waals surface area (Å²) in [6.07, 6.45) is -1.37. The molecule has 1 aromatic rings. The van der Waals surface area contributed by atoms with E-state index in [9.17, 15) is 14.3 Å². The van der Waals surface area contributed by atoms with E-state index in [0.717, 1.165) is 0 Å². The zero-order valence-corrected chi connectivity index (χ0v) is 9.25. The van der Waals surface area contributed by atoms with Crippen LogP contribution in [0.25, 0.3) is 0 Å². The Morgan fingerprint density at radius 3 is 2.76 bits per heavy atom. The van der Waals surface area contributed by atoms with E-state index in [1.165, 1.54) is 4.90 Å². The number of carbonyl (C=O) groups is 1. The summed E-state index contributed by atoms with van der Waals surface area (Å²) in [6, 6.07) is 7.74. The van der Waals surface area contributed by atoms with Crippen LogP contribution in [0, 0.1) is 0 Å². The molecule has 0 aliphatic carbocycles. The molecular formula is C12H14FNO3. The highest BCUT2D eigenvalue weighted by Crippen LogP contribution is 2.25. The molecule has 0 aromatic heterocycles. The average Bonchev–Trinajstić information content (AvgIpc) is 2.33. The van der Waals surface area contributed by atoms with E-state index in [1.54, 1.807) is 30.3 Å². The second kappa shape index (κ2) is 5.25. The van der Waals surface area contributed by atoms with Gasteiger partial charge < -0.3 is 9.84 Å². The van der Waals surface area contributed by atoms with Gasteiger partial charge in [0, 0.05) is 6.54 Å². The van der Waals surface area contributed by atoms with Gasteiger partial charge in [0.25, 0.3) is 0 Å². The first-order valence-electron chi connectivity index (χ1n) is 5.45. The fraction of sp³-hybridized carbons (Fsp3) is 0.417. The van der Waals surface area contributed by atoms with Crippen molar-refractivity contribution >= 4 is 5.97 Å². The Hall–Kier alpha value is -1.46. The van der Waals surface area contributed by atoms with Crippen LogP contribution in [0.5, 0.6) is 0 Å². The van der Waals surface area contributed by atoms with Gasteiger partial charge in [-0.15, -0.1) is 0 Å². The molecule has 0 saturated carbocycles. The molecule has 1 N–H and O–H groups in total. The van der Waals surface area contributed by atoms with E-state index in [0.29, 0.717) is 12.2 Å². The third-order valence-electron chi connectivity index (χ3n) is 2.79. The van der Waals surface area contributed by atoms with Crippen LogP contribution < -0.4 is 0 Å². The number of ether oxygens (including phenoxy) is 1. The van der Waals surface area contributed by atoms with Gasteiger partial charge in [-0.05, 0) is 5.56 Å². The zero-order chi connectivity index (χ0) is 12.3. The zero-order valence-electron chi connectivity index (χ0n) is 9.25. The van der Waals surface area contributed by atoms with Crippen molar-refractivity contribution in [2.24, 2.45) is 0 Å². The molecule has 0 bridgehead atoms. The summed E-state index contributed by atoms with van der Waals surface area (Å²) in [7, 11) is 0. The highest BCUT2D eigenvalue weighted by atomic mass is 19.1. The molecule has 0 amide bonds. The molecule has 92 valence electrons. The molecule has 1 aliphatic rings. The molecular weight excluding hydrogens is 225 g/mol. The number of alkyl halides is 1. The van der Waals surface area contributed by atoms with Crippen LogP contribution in [0.4, 0.5) is 4.39 Å². The van der Waals surface area contributed by atoms with Gasteiger partial charge in [-0.3, -0.25) is 9.69 Å². The predicted molar refractivity (Wildman–Crippen MR) is 59.2 cm³/mol. The Kier molecular flexibility index (Phi) is 3.71. The van der Waals surface area contributed by atoms with Gasteiger partial charge in [0.2, 0.25) is 0 Å². The highest BCUT2D eigenvalue weighted by Gasteiger charge is 2.34. The Labute approximate surface area is 98.6 Å². The van der Waals surface area contributed by atoms with E-state index in [-0.39, 0.29) is 13.2 Å². The number of nitrogens with zero attached hydrogens (tertiary/aromatic N) is 1. The van der Waals surface area contributed by atoms with E-state index in [2.05, 4.69) is 0 Å². The number of carboxylic acids is 1. The second-order valence-electron chi connectivity index (χ2n) is 3.90. The van der Waals surface area contributed by atoms with Crippen molar-refractivity contribution in [3.8, 4) is 0 Å². The van der Waals surface area contributed by atoms with Gasteiger partial charge >= 0.3 is 5.97 Å². The quantitative estimate of drug-likeness (QED) is 0.811. The number of hydrogen-bond acceptors (Lipinski definition) is 3. The third-order valence-corrected chi connectivity index (χ3v) is 2.79. The normalized spacial score (nSPS) is 23.2. The number of morpholine rings is 1. The van der Waals surface area contributed by atoms with Crippen molar-refractivity contribution < 1.29 is 19.0 Å². The molecule has 4 nitrogen and oxygen atoms in total. The van der Waals surface area contributed by atoms with E-state index < -0.39 is 18.3 Å². The minimum absolute atomic E-state index is 0.0728. The molecule has 5 heteroatoms. The first-order chi connectivity index (χ1) is 8.20. The Morgan fingerprint density at radius 1 is 1.47 bits per heavy atom. The summed E-state index contributed by atoms with van der Waals surface area (Å²) in [5, 5.41) is 9.25. The third kappa shape index (κ3) is 2.62. The van der Waals surface area contributed by atoms with Crippen molar-refractivity contribution in [1.29, 1.82) is 0 Å². The molecule has 2 rings (SSSR count). The number of benzene rings is 1. The maximum Gasteiger partial charge on any atom is 0.325 e. The van der Waals surface area contributed by atoms with Crippen molar-refractivity contribution in [3.63, 3.8) is 0 Å². The number of rotatable bonds is 3. The molecule has 17 heavy (non-hydrogen) atoms. The minimum Gasteiger partial charge on any atom is -0.480 e. The topological polar surface area (TPSA) is 49.8 Å². The van der Waals surface area contributed by atoms with Crippen molar-refractivity contribution in [2.75, 3.05) is 19.8 Å². The largest absolute Gasteiger partial charge is 0.480 e. The second-order valence-corrected chi connectivity index (χ2v) is 3.90. The number of halogens is 1. The summed E-state index contributed by atoms with van der Waals surface area (Å²) in [5.74, 6) is -1.04. The fourth-order valence-corrected chi connectivity index (χ4v) is 1.99. The van der Waals surface area contributed by atoms with Crippen LogP contribution >= 0.6 is 0 Å². The van der Waals surface area contributed by atoms with Crippen LogP contribution in [0.15, 0.2) is 30.3 Å². The van der Waals surface area contributed by atoms with Crippen LogP contribution in [0.3, 0.4) is 0 Å². The van der Waals surface area contributed by atoms with Gasteiger partial charge in [0.15, 0.2) is 6.30 Å². The molecule has 1 saturated heterocycles. The lowest BCUT2D eigenvalue weighted by Gasteiger charge is -2.34. The van der Waals surface area contributed by atoms with Crippen LogP contribution in [-0.4, -0.2) is 42.0 Å². The molecule has 1 fully saturated rings. The summed E-state index contributed by atoms with van der Waals surface area (Å²) < 4.78 is 18.6. The van der Waals surface area contributed by atoms with Gasteiger partial charge in [0.1, 0.15) is 6.04 Å².